The van der Waals surface area contributed by atoms with Crippen LogP contribution in [0.2, 0.25) is 0 Å². The van der Waals surface area contributed by atoms with E-state index < -0.39 is 15.9 Å². The number of hydrogen-bond donors (Lipinski definition) is 3. The lowest BCUT2D eigenvalue weighted by Gasteiger charge is -2.14. The summed E-state index contributed by atoms with van der Waals surface area (Å²) in [5.41, 5.74) is 4.09. The Hall–Kier alpha value is -4.41. The van der Waals surface area contributed by atoms with Crippen molar-refractivity contribution < 1.29 is 17.6 Å². The van der Waals surface area contributed by atoms with Crippen LogP contribution in [-0.4, -0.2) is 29.8 Å². The number of imidazole rings is 1. The summed E-state index contributed by atoms with van der Waals surface area (Å²) in [5, 5.41) is 6.12. The molecule has 0 radical (unpaired) electrons. The molecule has 0 saturated heterocycles. The predicted octanol–water partition coefficient (Wildman–Crippen LogP) is 4.82. The zero-order valence-corrected chi connectivity index (χ0v) is 22.4. The molecule has 0 fully saturated rings. The summed E-state index contributed by atoms with van der Waals surface area (Å²) in [6, 6.07) is 21.5. The lowest BCUT2D eigenvalue weighted by molar-refractivity contribution is 0.0950. The molecular formula is C29H29N5O4S. The SMILES string of the molecule is CC(C)NS(=O)(=O)c1cc(NCc2cccc(-c3ccco3)c2)cc(C(=O)NCc2cn3ccccc3n2)c1. The molecule has 0 saturated carbocycles. The van der Waals surface area contributed by atoms with Gasteiger partial charge in [-0.25, -0.2) is 18.1 Å². The first-order valence-corrected chi connectivity index (χ1v) is 14.0. The molecule has 2 aromatic carbocycles. The Kier molecular flexibility index (Phi) is 7.49. The summed E-state index contributed by atoms with van der Waals surface area (Å²) in [5.74, 6) is 0.353. The number of hydrogen-bond acceptors (Lipinski definition) is 6. The maximum absolute atomic E-state index is 13.1. The zero-order valence-electron chi connectivity index (χ0n) is 21.6. The second-order valence-corrected chi connectivity index (χ2v) is 11.1. The van der Waals surface area contributed by atoms with E-state index in [4.69, 9.17) is 4.42 Å². The molecule has 0 bridgehead atoms. The van der Waals surface area contributed by atoms with E-state index >= 15 is 0 Å². The van der Waals surface area contributed by atoms with Crippen LogP contribution in [0, 0.1) is 0 Å². The number of carbonyl (C=O) groups is 1. The van der Waals surface area contributed by atoms with E-state index in [1.54, 1.807) is 26.2 Å². The third-order valence-corrected chi connectivity index (χ3v) is 7.58. The van der Waals surface area contributed by atoms with E-state index in [9.17, 15) is 13.2 Å². The summed E-state index contributed by atoms with van der Waals surface area (Å²) >= 11 is 0. The Labute approximate surface area is 226 Å². The Morgan fingerprint density at radius 3 is 2.64 bits per heavy atom. The highest BCUT2D eigenvalue weighted by Crippen LogP contribution is 2.23. The molecule has 39 heavy (non-hydrogen) atoms. The third-order valence-electron chi connectivity index (χ3n) is 5.94. The fourth-order valence-corrected chi connectivity index (χ4v) is 5.51. The average molecular weight is 544 g/mol. The molecule has 3 aromatic heterocycles. The van der Waals surface area contributed by atoms with Crippen LogP contribution in [0.25, 0.3) is 17.0 Å². The summed E-state index contributed by atoms with van der Waals surface area (Å²) in [6.45, 7) is 4.10. The predicted molar refractivity (Wildman–Crippen MR) is 150 cm³/mol. The van der Waals surface area contributed by atoms with E-state index in [-0.39, 0.29) is 23.0 Å². The number of rotatable bonds is 10. The van der Waals surface area contributed by atoms with Gasteiger partial charge in [-0.3, -0.25) is 4.79 Å². The minimum atomic E-state index is -3.84. The molecule has 10 heteroatoms. The molecule has 3 N–H and O–H groups in total. The number of nitrogens with one attached hydrogen (secondary N) is 3. The van der Waals surface area contributed by atoms with E-state index in [0.717, 1.165) is 22.5 Å². The molecule has 0 spiro atoms. The van der Waals surface area contributed by atoms with E-state index in [1.165, 1.54) is 12.1 Å². The van der Waals surface area contributed by atoms with Crippen molar-refractivity contribution in [2.75, 3.05) is 5.32 Å². The first-order valence-electron chi connectivity index (χ1n) is 12.5. The zero-order chi connectivity index (χ0) is 27.4. The second kappa shape index (κ2) is 11.1. The van der Waals surface area contributed by atoms with Crippen molar-refractivity contribution in [3.05, 3.63) is 108 Å². The molecule has 0 aliphatic rings. The lowest BCUT2D eigenvalue weighted by Crippen LogP contribution is -2.30. The van der Waals surface area contributed by atoms with E-state index in [1.807, 2.05) is 71.4 Å². The molecule has 5 aromatic rings. The molecular weight excluding hydrogens is 514 g/mol. The fraction of sp³-hybridized carbons (Fsp3) is 0.172. The monoisotopic (exact) mass is 543 g/mol. The molecule has 5 rings (SSSR count). The first-order chi connectivity index (χ1) is 18.8. The van der Waals surface area contributed by atoms with Gasteiger partial charge in [0.1, 0.15) is 11.4 Å². The van der Waals surface area contributed by atoms with Crippen LogP contribution >= 0.6 is 0 Å². The van der Waals surface area contributed by atoms with Crippen LogP contribution in [0.1, 0.15) is 35.5 Å². The van der Waals surface area contributed by atoms with Gasteiger partial charge in [-0.05, 0) is 67.9 Å². The quantitative estimate of drug-likeness (QED) is 0.232. The Morgan fingerprint density at radius 2 is 1.87 bits per heavy atom. The number of nitrogens with zero attached hydrogens (tertiary/aromatic N) is 2. The third kappa shape index (κ3) is 6.36. The number of pyridine rings is 1. The van der Waals surface area contributed by atoms with Gasteiger partial charge in [0.15, 0.2) is 0 Å². The number of anilines is 1. The van der Waals surface area contributed by atoms with Crippen LogP contribution in [0.15, 0.2) is 101 Å². The number of aromatic nitrogens is 2. The van der Waals surface area contributed by atoms with Crippen molar-refractivity contribution in [1.82, 2.24) is 19.4 Å². The Balaban J connectivity index is 1.37. The van der Waals surface area contributed by atoms with Gasteiger partial charge in [-0.1, -0.05) is 24.3 Å². The Morgan fingerprint density at radius 1 is 1.00 bits per heavy atom. The standard InChI is InChI=1S/C29H29N5O4S/c1-20(2)33-39(36,37)26-15-23(29(35)31-18-25-19-34-11-4-3-10-28(34)32-25)14-24(16-26)30-17-21-7-5-8-22(13-21)27-9-6-12-38-27/h3-16,19-20,30,33H,17-18H2,1-2H3,(H,31,35). The number of furan rings is 1. The largest absolute Gasteiger partial charge is 0.464 e. The number of sulfonamides is 1. The van der Waals surface area contributed by atoms with Crippen molar-refractivity contribution >= 4 is 27.3 Å². The van der Waals surface area contributed by atoms with Gasteiger partial charge in [0.25, 0.3) is 5.91 Å². The molecule has 200 valence electrons. The molecule has 0 unspecified atom stereocenters. The molecule has 0 aliphatic heterocycles. The molecule has 0 atom stereocenters. The number of fused-ring (bicyclic) bond motifs is 1. The van der Waals surface area contributed by atoms with Gasteiger partial charge in [-0.15, -0.1) is 0 Å². The van der Waals surface area contributed by atoms with E-state index in [2.05, 4.69) is 20.3 Å². The van der Waals surface area contributed by atoms with Crippen LogP contribution < -0.4 is 15.4 Å². The summed E-state index contributed by atoms with van der Waals surface area (Å²) in [6.07, 6.45) is 5.35. The van der Waals surface area contributed by atoms with Crippen molar-refractivity contribution in [3.63, 3.8) is 0 Å². The molecule has 9 nitrogen and oxygen atoms in total. The highest BCUT2D eigenvalue weighted by atomic mass is 32.2. The number of benzene rings is 2. The fourth-order valence-electron chi connectivity index (χ4n) is 4.19. The van der Waals surface area contributed by atoms with Gasteiger partial charge in [0.05, 0.1) is 23.4 Å². The maximum Gasteiger partial charge on any atom is 0.251 e. The summed E-state index contributed by atoms with van der Waals surface area (Å²) < 4.78 is 36.0. The van der Waals surface area contributed by atoms with Gasteiger partial charge in [0.2, 0.25) is 10.0 Å². The van der Waals surface area contributed by atoms with E-state index in [0.29, 0.717) is 17.9 Å². The maximum atomic E-state index is 13.1. The molecule has 0 aliphatic carbocycles. The average Bonchev–Trinajstić information content (AvgIpc) is 3.60. The topological polar surface area (TPSA) is 118 Å². The van der Waals surface area contributed by atoms with Crippen LogP contribution in [0.5, 0.6) is 0 Å². The van der Waals surface area contributed by atoms with Crippen molar-refractivity contribution in [3.8, 4) is 11.3 Å². The first kappa shape index (κ1) is 26.2. The minimum Gasteiger partial charge on any atom is -0.464 e. The molecule has 3 heterocycles. The smallest absolute Gasteiger partial charge is 0.251 e. The molecule has 1 amide bonds. The number of amides is 1. The van der Waals surface area contributed by atoms with Crippen LogP contribution in [-0.2, 0) is 23.1 Å². The van der Waals surface area contributed by atoms with Gasteiger partial charge in [0, 0.05) is 41.8 Å². The highest BCUT2D eigenvalue weighted by Gasteiger charge is 2.19. The summed E-state index contributed by atoms with van der Waals surface area (Å²) in [4.78, 5) is 17.6. The van der Waals surface area contributed by atoms with Gasteiger partial charge < -0.3 is 19.5 Å². The van der Waals surface area contributed by atoms with Crippen molar-refractivity contribution in [1.29, 1.82) is 0 Å². The van der Waals surface area contributed by atoms with Crippen LogP contribution in [0.3, 0.4) is 0 Å². The second-order valence-electron chi connectivity index (χ2n) is 9.43. The van der Waals surface area contributed by atoms with Crippen molar-refractivity contribution in [2.24, 2.45) is 0 Å². The Bertz CT molecular complexity index is 1680. The highest BCUT2D eigenvalue weighted by molar-refractivity contribution is 7.89. The van der Waals surface area contributed by atoms with Crippen molar-refractivity contribution in [2.45, 2.75) is 37.9 Å². The number of carbonyl (C=O) groups excluding carboxylic acids is 1. The minimum absolute atomic E-state index is 0.00316. The summed E-state index contributed by atoms with van der Waals surface area (Å²) in [7, 11) is -3.84. The normalized spacial score (nSPS) is 11.7. The van der Waals surface area contributed by atoms with Gasteiger partial charge in [-0.2, -0.15) is 0 Å². The lowest BCUT2D eigenvalue weighted by atomic mass is 10.1. The van der Waals surface area contributed by atoms with Gasteiger partial charge >= 0.3 is 0 Å². The van der Waals surface area contributed by atoms with Crippen LogP contribution in [0.4, 0.5) is 5.69 Å².